The first-order chi connectivity index (χ1) is 14.1. The molecule has 2 heterocycles. The van der Waals surface area contributed by atoms with E-state index in [0.717, 1.165) is 6.07 Å². The molecule has 0 N–H and O–H groups in total. The Morgan fingerprint density at radius 1 is 1.23 bits per heavy atom. The van der Waals surface area contributed by atoms with Crippen LogP contribution >= 0.6 is 0 Å². The summed E-state index contributed by atoms with van der Waals surface area (Å²) in [5.74, 6) is -0.921. The van der Waals surface area contributed by atoms with Gasteiger partial charge in [-0.2, -0.15) is 18.4 Å². The molecule has 2 amide bonds. The first-order valence-corrected chi connectivity index (χ1v) is 13.1. The van der Waals surface area contributed by atoms with Crippen LogP contribution in [0.1, 0.15) is 38.3 Å². The van der Waals surface area contributed by atoms with Crippen LogP contribution in [-0.4, -0.2) is 50.2 Å². The Hall–Kier alpha value is -2.12. The minimum atomic E-state index is -4.74. The van der Waals surface area contributed by atoms with Gasteiger partial charge in [0.2, 0.25) is 0 Å². The van der Waals surface area contributed by atoms with E-state index in [1.54, 1.807) is 6.07 Å². The second-order valence-electron chi connectivity index (χ2n) is 9.71. The van der Waals surface area contributed by atoms with Crippen molar-refractivity contribution in [2.24, 2.45) is 0 Å². The molecule has 2 fully saturated rings. The fraction of sp³-hybridized carbons (Fsp3) is 0.619. The van der Waals surface area contributed by atoms with Gasteiger partial charge < -0.3 is 9.33 Å². The standard InChI is InChI=1S/C21H27F4N3O2Si/c1-12-14(8-7-13(11-26)16(12)22)28-18(21(23,24)25)17-15(9-10-27(17)19(28)29)30-31(5,6)20(2,3)4/h7-8,15,17-18H,9-10H2,1-6H3/t15-,17-,18-/m0/s1. The number of fused-ring (bicyclic) bond motifs is 1. The predicted octanol–water partition coefficient (Wildman–Crippen LogP) is 5.34. The minimum absolute atomic E-state index is 0.143. The lowest BCUT2D eigenvalue weighted by Crippen LogP contribution is -2.54. The van der Waals surface area contributed by atoms with Gasteiger partial charge in [0.05, 0.1) is 23.4 Å². The average Bonchev–Trinajstić information content (AvgIpc) is 3.15. The maximum Gasteiger partial charge on any atom is 0.411 e. The molecule has 10 heteroatoms. The van der Waals surface area contributed by atoms with E-state index >= 15 is 0 Å². The van der Waals surface area contributed by atoms with Crippen molar-refractivity contribution in [3.05, 3.63) is 29.1 Å². The van der Waals surface area contributed by atoms with Crippen molar-refractivity contribution in [1.29, 1.82) is 5.26 Å². The van der Waals surface area contributed by atoms with Gasteiger partial charge in [-0.1, -0.05) is 20.8 Å². The van der Waals surface area contributed by atoms with Crippen LogP contribution in [-0.2, 0) is 4.43 Å². The summed E-state index contributed by atoms with van der Waals surface area (Å²) in [6.45, 7) is 11.4. The highest BCUT2D eigenvalue weighted by atomic mass is 28.4. The van der Waals surface area contributed by atoms with Crippen molar-refractivity contribution >= 4 is 20.0 Å². The Morgan fingerprint density at radius 2 is 1.84 bits per heavy atom. The number of halogens is 4. The Morgan fingerprint density at radius 3 is 2.35 bits per heavy atom. The molecule has 31 heavy (non-hydrogen) atoms. The fourth-order valence-electron chi connectivity index (χ4n) is 4.09. The lowest BCUT2D eigenvalue weighted by molar-refractivity contribution is -0.156. The molecule has 2 aliphatic heterocycles. The highest BCUT2D eigenvalue weighted by Crippen LogP contribution is 2.46. The van der Waals surface area contributed by atoms with E-state index in [-0.39, 0.29) is 28.4 Å². The van der Waals surface area contributed by atoms with Gasteiger partial charge in [-0.05, 0) is 43.6 Å². The quantitative estimate of drug-likeness (QED) is 0.455. The molecular weight excluding hydrogens is 430 g/mol. The summed E-state index contributed by atoms with van der Waals surface area (Å²) < 4.78 is 63.8. The third kappa shape index (κ3) is 3.82. The molecule has 2 saturated heterocycles. The second kappa shape index (κ2) is 7.48. The van der Waals surface area contributed by atoms with Crippen molar-refractivity contribution in [3.8, 4) is 6.07 Å². The summed E-state index contributed by atoms with van der Waals surface area (Å²) in [6.07, 6.45) is -5.18. The number of hydrogen-bond acceptors (Lipinski definition) is 3. The molecule has 0 unspecified atom stereocenters. The normalized spacial score (nSPS) is 24.5. The van der Waals surface area contributed by atoms with Gasteiger partial charge in [-0.3, -0.25) is 4.90 Å². The monoisotopic (exact) mass is 457 g/mol. The Labute approximate surface area is 180 Å². The maximum absolute atomic E-state index is 14.5. The summed E-state index contributed by atoms with van der Waals surface area (Å²) in [4.78, 5) is 14.9. The van der Waals surface area contributed by atoms with Crippen molar-refractivity contribution in [1.82, 2.24) is 4.90 Å². The number of anilines is 1. The SMILES string of the molecule is Cc1c(N2C(=O)N3CC[C@H](O[Si](C)(C)C(C)(C)C)[C@H]3[C@H]2C(F)(F)F)ccc(C#N)c1F. The molecule has 0 saturated carbocycles. The van der Waals surface area contributed by atoms with Crippen LogP contribution in [0.5, 0.6) is 0 Å². The van der Waals surface area contributed by atoms with Crippen molar-refractivity contribution in [2.75, 3.05) is 11.4 Å². The van der Waals surface area contributed by atoms with Gasteiger partial charge in [0.15, 0.2) is 14.4 Å². The number of hydrogen-bond donors (Lipinski definition) is 0. The van der Waals surface area contributed by atoms with E-state index in [2.05, 4.69) is 0 Å². The molecule has 0 aliphatic carbocycles. The maximum atomic E-state index is 14.5. The van der Waals surface area contributed by atoms with E-state index < -0.39 is 44.5 Å². The number of carbonyl (C=O) groups excluding carboxylic acids is 1. The first-order valence-electron chi connectivity index (χ1n) is 10.2. The van der Waals surface area contributed by atoms with Gasteiger partial charge in [-0.25, -0.2) is 9.18 Å². The molecular formula is C21H27F4N3O2Si. The summed E-state index contributed by atoms with van der Waals surface area (Å²) in [5.41, 5.74) is -0.620. The number of nitrogens with zero attached hydrogens (tertiary/aromatic N) is 3. The minimum Gasteiger partial charge on any atom is -0.412 e. The molecule has 0 bridgehead atoms. The second-order valence-corrected chi connectivity index (χ2v) is 14.5. The largest absolute Gasteiger partial charge is 0.412 e. The molecule has 5 nitrogen and oxygen atoms in total. The number of rotatable bonds is 3. The van der Waals surface area contributed by atoms with Crippen LogP contribution < -0.4 is 4.90 Å². The Kier molecular flexibility index (Phi) is 5.68. The van der Waals surface area contributed by atoms with Crippen LogP contribution in [0.25, 0.3) is 0 Å². The lowest BCUT2D eigenvalue weighted by atomic mass is 10.0. The van der Waals surface area contributed by atoms with Crippen LogP contribution in [0.4, 0.5) is 28.0 Å². The van der Waals surface area contributed by atoms with Gasteiger partial charge >= 0.3 is 12.2 Å². The highest BCUT2D eigenvalue weighted by molar-refractivity contribution is 6.74. The van der Waals surface area contributed by atoms with Gasteiger partial charge in [0.25, 0.3) is 0 Å². The number of benzene rings is 1. The summed E-state index contributed by atoms with van der Waals surface area (Å²) in [5, 5.41) is 8.80. The van der Waals surface area contributed by atoms with Gasteiger partial charge in [0, 0.05) is 12.1 Å². The number of alkyl halides is 3. The summed E-state index contributed by atoms with van der Waals surface area (Å²) in [7, 11) is -2.39. The van der Waals surface area contributed by atoms with E-state index in [9.17, 15) is 22.4 Å². The number of nitriles is 1. The molecule has 3 rings (SSSR count). The Balaban J connectivity index is 2.07. The van der Waals surface area contributed by atoms with Crippen LogP contribution in [0, 0.1) is 24.1 Å². The van der Waals surface area contributed by atoms with Gasteiger partial charge in [-0.15, -0.1) is 0 Å². The zero-order valence-corrected chi connectivity index (χ0v) is 19.5. The molecule has 1 aromatic carbocycles. The van der Waals surface area contributed by atoms with Gasteiger partial charge in [0.1, 0.15) is 11.9 Å². The third-order valence-corrected chi connectivity index (χ3v) is 11.3. The highest BCUT2D eigenvalue weighted by Gasteiger charge is 2.64. The predicted molar refractivity (Wildman–Crippen MR) is 111 cm³/mol. The molecule has 0 aromatic heterocycles. The van der Waals surface area contributed by atoms with E-state index in [0.29, 0.717) is 11.3 Å². The van der Waals surface area contributed by atoms with E-state index in [1.807, 2.05) is 33.9 Å². The van der Waals surface area contributed by atoms with Crippen molar-refractivity contribution in [2.45, 2.75) is 76.6 Å². The van der Waals surface area contributed by atoms with E-state index in [4.69, 9.17) is 9.69 Å². The third-order valence-electron chi connectivity index (χ3n) is 6.77. The first kappa shape index (κ1) is 23.5. The van der Waals surface area contributed by atoms with Crippen molar-refractivity contribution < 1.29 is 26.8 Å². The van der Waals surface area contributed by atoms with Crippen LogP contribution in [0.3, 0.4) is 0 Å². The molecule has 3 atom stereocenters. The van der Waals surface area contributed by atoms with E-state index in [1.165, 1.54) is 17.9 Å². The zero-order valence-electron chi connectivity index (χ0n) is 18.5. The number of urea groups is 1. The smallest absolute Gasteiger partial charge is 0.411 e. The Bertz CT molecular complexity index is 936. The van der Waals surface area contributed by atoms with Crippen molar-refractivity contribution in [3.63, 3.8) is 0 Å². The average molecular weight is 458 g/mol. The fourth-order valence-corrected chi connectivity index (χ4v) is 5.46. The lowest BCUT2D eigenvalue weighted by Gasteiger charge is -2.40. The molecule has 170 valence electrons. The number of amides is 2. The molecule has 0 spiro atoms. The molecule has 1 aromatic rings. The zero-order chi connectivity index (χ0) is 23.5. The summed E-state index contributed by atoms with van der Waals surface area (Å²) in [6, 6.07) is -0.214. The molecule has 2 aliphatic rings. The topological polar surface area (TPSA) is 56.6 Å². The summed E-state index contributed by atoms with van der Waals surface area (Å²) >= 11 is 0. The van der Waals surface area contributed by atoms with Crippen LogP contribution in [0.2, 0.25) is 18.1 Å². The molecule has 0 radical (unpaired) electrons. The number of carbonyl (C=O) groups is 1. The van der Waals surface area contributed by atoms with Crippen LogP contribution in [0.15, 0.2) is 12.1 Å².